The van der Waals surface area contributed by atoms with E-state index in [9.17, 15) is 4.39 Å². The first-order valence-corrected chi connectivity index (χ1v) is 9.24. The number of ether oxygens (including phenoxy) is 1. The van der Waals surface area contributed by atoms with Crippen LogP contribution in [0.2, 0.25) is 0 Å². The van der Waals surface area contributed by atoms with E-state index in [-0.39, 0.29) is 11.9 Å². The first-order chi connectivity index (χ1) is 13.2. The Balaban J connectivity index is 1.55. The van der Waals surface area contributed by atoms with Crippen LogP contribution in [-0.2, 0) is 6.54 Å². The highest BCUT2D eigenvalue weighted by molar-refractivity contribution is 5.80. The summed E-state index contributed by atoms with van der Waals surface area (Å²) in [6, 6.07) is 11.2. The van der Waals surface area contributed by atoms with Crippen molar-refractivity contribution in [2.24, 2.45) is 4.99 Å². The predicted octanol–water partition coefficient (Wildman–Crippen LogP) is 2.56. The van der Waals surface area contributed by atoms with E-state index in [2.05, 4.69) is 20.6 Å². The minimum absolute atomic E-state index is 0.180. The average Bonchev–Trinajstić information content (AvgIpc) is 3.15. The van der Waals surface area contributed by atoms with Gasteiger partial charge in [0.05, 0.1) is 6.61 Å². The van der Waals surface area contributed by atoms with Gasteiger partial charge in [-0.2, -0.15) is 0 Å². The zero-order valence-electron chi connectivity index (χ0n) is 15.8. The van der Waals surface area contributed by atoms with E-state index in [1.165, 1.54) is 6.07 Å². The second-order valence-electron chi connectivity index (χ2n) is 6.35. The Kier molecular flexibility index (Phi) is 6.46. The summed E-state index contributed by atoms with van der Waals surface area (Å²) < 4.78 is 19.6. The quantitative estimate of drug-likeness (QED) is 0.604. The lowest BCUT2D eigenvalue weighted by Crippen LogP contribution is -2.44. The molecule has 1 saturated heterocycles. The van der Waals surface area contributed by atoms with E-state index < -0.39 is 0 Å². The Morgan fingerprint density at radius 3 is 2.96 bits per heavy atom. The highest BCUT2D eigenvalue weighted by atomic mass is 19.1. The van der Waals surface area contributed by atoms with Crippen LogP contribution in [0, 0.1) is 5.82 Å². The van der Waals surface area contributed by atoms with Crippen molar-refractivity contribution < 1.29 is 9.13 Å². The summed E-state index contributed by atoms with van der Waals surface area (Å²) in [6.45, 7) is 4.66. The number of aliphatic imine (C=N–C) groups is 1. The van der Waals surface area contributed by atoms with Gasteiger partial charge >= 0.3 is 0 Å². The van der Waals surface area contributed by atoms with E-state index in [1.54, 1.807) is 19.3 Å². The largest absolute Gasteiger partial charge is 0.494 e. The van der Waals surface area contributed by atoms with Gasteiger partial charge in [0.1, 0.15) is 5.75 Å². The number of nitrogens with one attached hydrogen (secondary N) is 2. The summed E-state index contributed by atoms with van der Waals surface area (Å²) in [5.74, 6) is 1.72. The van der Waals surface area contributed by atoms with Gasteiger partial charge in [-0.25, -0.2) is 9.37 Å². The Bertz CT molecular complexity index is 782. The molecule has 0 aliphatic carbocycles. The topological polar surface area (TPSA) is 61.8 Å². The van der Waals surface area contributed by atoms with Crippen LogP contribution in [0.3, 0.4) is 0 Å². The van der Waals surface area contributed by atoms with Crippen LogP contribution in [-0.4, -0.2) is 43.7 Å². The van der Waals surface area contributed by atoms with Gasteiger partial charge in [-0.05, 0) is 31.5 Å². The van der Waals surface area contributed by atoms with Gasteiger partial charge in [0.15, 0.2) is 17.6 Å². The van der Waals surface area contributed by atoms with Crippen LogP contribution in [0.4, 0.5) is 10.2 Å². The lowest BCUT2D eigenvalue weighted by molar-refractivity contribution is 0.336. The minimum atomic E-state index is -0.284. The zero-order valence-corrected chi connectivity index (χ0v) is 15.8. The molecule has 0 bridgehead atoms. The summed E-state index contributed by atoms with van der Waals surface area (Å²) in [5.41, 5.74) is 1.07. The number of halogens is 1. The molecule has 27 heavy (non-hydrogen) atoms. The Hall–Kier alpha value is -2.83. The molecule has 1 aliphatic heterocycles. The zero-order chi connectivity index (χ0) is 19.1. The van der Waals surface area contributed by atoms with Crippen LogP contribution in [0.15, 0.2) is 47.6 Å². The highest BCUT2D eigenvalue weighted by Gasteiger charge is 2.25. The molecule has 1 aliphatic rings. The summed E-state index contributed by atoms with van der Waals surface area (Å²) >= 11 is 0. The molecule has 2 heterocycles. The third-order valence-electron chi connectivity index (χ3n) is 4.51. The van der Waals surface area contributed by atoms with Gasteiger partial charge in [-0.15, -0.1) is 0 Å². The number of nitrogens with zero attached hydrogens (tertiary/aromatic N) is 3. The van der Waals surface area contributed by atoms with Crippen LogP contribution >= 0.6 is 0 Å². The molecular formula is C20H26FN5O. The third-order valence-corrected chi connectivity index (χ3v) is 4.51. The summed E-state index contributed by atoms with van der Waals surface area (Å²) in [6.07, 6.45) is 2.52. The maximum absolute atomic E-state index is 13.9. The highest BCUT2D eigenvalue weighted by Crippen LogP contribution is 2.21. The Morgan fingerprint density at radius 1 is 1.33 bits per heavy atom. The van der Waals surface area contributed by atoms with Crippen LogP contribution in [0.1, 0.15) is 18.9 Å². The van der Waals surface area contributed by atoms with Crippen LogP contribution < -0.4 is 20.3 Å². The Labute approximate surface area is 159 Å². The molecular weight excluding hydrogens is 345 g/mol. The van der Waals surface area contributed by atoms with Gasteiger partial charge in [0, 0.05) is 44.5 Å². The van der Waals surface area contributed by atoms with E-state index in [4.69, 9.17) is 4.74 Å². The maximum atomic E-state index is 13.9. The van der Waals surface area contributed by atoms with Crippen molar-refractivity contribution in [3.63, 3.8) is 0 Å². The SMILES string of the molecule is CCOc1ccccc1CNC(=NC)NC1CCN(c2ncccc2F)C1. The second-order valence-corrected chi connectivity index (χ2v) is 6.35. The maximum Gasteiger partial charge on any atom is 0.191 e. The number of pyridine rings is 1. The lowest BCUT2D eigenvalue weighted by atomic mass is 10.2. The molecule has 2 aromatic rings. The monoisotopic (exact) mass is 371 g/mol. The molecule has 1 fully saturated rings. The fourth-order valence-electron chi connectivity index (χ4n) is 3.19. The van der Waals surface area contributed by atoms with Gasteiger partial charge in [-0.1, -0.05) is 18.2 Å². The van der Waals surface area contributed by atoms with E-state index in [1.807, 2.05) is 36.1 Å². The third kappa shape index (κ3) is 4.87. The summed E-state index contributed by atoms with van der Waals surface area (Å²) in [7, 11) is 1.74. The number of guanidine groups is 1. The molecule has 3 rings (SSSR count). The van der Waals surface area contributed by atoms with E-state index in [0.717, 1.165) is 30.2 Å². The van der Waals surface area contributed by atoms with Crippen molar-refractivity contribution in [3.05, 3.63) is 54.0 Å². The van der Waals surface area contributed by atoms with Gasteiger partial charge < -0.3 is 20.3 Å². The van der Waals surface area contributed by atoms with E-state index in [0.29, 0.717) is 25.5 Å². The standard InChI is InChI=1S/C20H26FN5O/c1-3-27-18-9-5-4-7-15(18)13-24-20(22-2)25-16-10-12-26(14-16)19-17(21)8-6-11-23-19/h4-9,11,16H,3,10,12-14H2,1-2H3,(H2,22,24,25). The van der Waals surface area contributed by atoms with Crippen LogP contribution in [0.25, 0.3) is 0 Å². The molecule has 1 unspecified atom stereocenters. The molecule has 0 amide bonds. The van der Waals surface area contributed by atoms with Crippen molar-refractivity contribution in [1.29, 1.82) is 0 Å². The number of hydrogen-bond donors (Lipinski definition) is 2. The number of anilines is 1. The number of aromatic nitrogens is 1. The number of para-hydroxylation sites is 1. The summed E-state index contributed by atoms with van der Waals surface area (Å²) in [5, 5.41) is 6.74. The first-order valence-electron chi connectivity index (χ1n) is 9.24. The molecule has 0 spiro atoms. The molecule has 144 valence electrons. The molecule has 7 heteroatoms. The van der Waals surface area contributed by atoms with Gasteiger partial charge in [0.25, 0.3) is 0 Å². The smallest absolute Gasteiger partial charge is 0.191 e. The fraction of sp³-hybridized carbons (Fsp3) is 0.400. The fourth-order valence-corrected chi connectivity index (χ4v) is 3.19. The molecule has 1 aromatic carbocycles. The average molecular weight is 371 g/mol. The van der Waals surface area contributed by atoms with Crippen molar-refractivity contribution >= 4 is 11.8 Å². The minimum Gasteiger partial charge on any atom is -0.494 e. The number of benzene rings is 1. The number of hydrogen-bond acceptors (Lipinski definition) is 4. The van der Waals surface area contributed by atoms with Crippen LogP contribution in [0.5, 0.6) is 5.75 Å². The predicted molar refractivity (Wildman–Crippen MR) is 106 cm³/mol. The second kappa shape index (κ2) is 9.21. The lowest BCUT2D eigenvalue weighted by Gasteiger charge is -2.20. The van der Waals surface area contributed by atoms with Crippen molar-refractivity contribution in [3.8, 4) is 5.75 Å². The van der Waals surface area contributed by atoms with E-state index >= 15 is 0 Å². The molecule has 0 saturated carbocycles. The molecule has 2 N–H and O–H groups in total. The van der Waals surface area contributed by atoms with Crippen molar-refractivity contribution in [1.82, 2.24) is 15.6 Å². The van der Waals surface area contributed by atoms with Gasteiger partial charge in [-0.3, -0.25) is 4.99 Å². The Morgan fingerprint density at radius 2 is 2.19 bits per heavy atom. The molecule has 1 aromatic heterocycles. The first kappa shape index (κ1) is 18.9. The normalized spacial score (nSPS) is 17.1. The summed E-state index contributed by atoms with van der Waals surface area (Å²) in [4.78, 5) is 10.4. The molecule has 0 radical (unpaired) electrons. The van der Waals surface area contributed by atoms with Crippen molar-refractivity contribution in [2.75, 3.05) is 31.6 Å². The van der Waals surface area contributed by atoms with Gasteiger partial charge in [0.2, 0.25) is 0 Å². The molecule has 1 atom stereocenters. The van der Waals surface area contributed by atoms with Crippen molar-refractivity contribution in [2.45, 2.75) is 25.9 Å². The molecule has 6 nitrogen and oxygen atoms in total. The number of rotatable bonds is 6.